The van der Waals surface area contributed by atoms with Gasteiger partial charge in [-0.25, -0.2) is 0 Å². The number of rotatable bonds is 4. The molecule has 174 valence electrons. The Morgan fingerprint density at radius 3 is 2.59 bits per heavy atom. The van der Waals surface area contributed by atoms with Crippen LogP contribution in [0.3, 0.4) is 0 Å². The molecule has 1 saturated carbocycles. The van der Waals surface area contributed by atoms with Gasteiger partial charge in [-0.3, -0.25) is 24.2 Å². The van der Waals surface area contributed by atoms with E-state index in [9.17, 15) is 14.4 Å². The fourth-order valence-electron chi connectivity index (χ4n) is 4.75. The molecule has 2 aliphatic heterocycles. The van der Waals surface area contributed by atoms with Crippen LogP contribution in [0.5, 0.6) is 0 Å². The number of nitrogens with zero attached hydrogens (tertiary/aromatic N) is 2. The maximum Gasteiger partial charge on any atom is 0.267 e. The number of thiocarbonyl (C=S) groups is 1. The number of hydrogen-bond donors (Lipinski definition) is 1. The second-order valence-electron chi connectivity index (χ2n) is 8.51. The maximum absolute atomic E-state index is 13.6. The third kappa shape index (κ3) is 4.26. The number of halogens is 1. The number of fused-ring (bicyclic) bond motifs is 1. The number of amides is 3. The molecule has 34 heavy (non-hydrogen) atoms. The second-order valence-corrected chi connectivity index (χ2v) is 10.6. The van der Waals surface area contributed by atoms with Gasteiger partial charge in [-0.2, -0.15) is 0 Å². The number of nitrogens with one attached hydrogen (secondary N) is 1. The van der Waals surface area contributed by atoms with E-state index in [1.165, 1.54) is 23.1 Å². The van der Waals surface area contributed by atoms with Crippen molar-refractivity contribution >= 4 is 74.6 Å². The van der Waals surface area contributed by atoms with Crippen LogP contribution in [0.2, 0.25) is 5.02 Å². The van der Waals surface area contributed by atoms with Crippen LogP contribution in [0.25, 0.3) is 5.57 Å². The first kappa shape index (κ1) is 23.1. The molecule has 0 radical (unpaired) electrons. The summed E-state index contributed by atoms with van der Waals surface area (Å²) in [5.74, 6) is -0.932. The molecular weight excluding hydrogens is 490 g/mol. The number of thioether (sulfide) groups is 1. The summed E-state index contributed by atoms with van der Waals surface area (Å²) in [6.07, 6.45) is 5.17. The molecule has 0 aromatic heterocycles. The molecule has 2 fully saturated rings. The van der Waals surface area contributed by atoms with Gasteiger partial charge in [0.2, 0.25) is 5.91 Å². The zero-order valence-electron chi connectivity index (χ0n) is 18.3. The molecule has 3 amide bonds. The lowest BCUT2D eigenvalue weighted by molar-refractivity contribution is -0.124. The van der Waals surface area contributed by atoms with Gasteiger partial charge in [-0.15, -0.1) is 0 Å². The Balaban J connectivity index is 1.44. The van der Waals surface area contributed by atoms with E-state index >= 15 is 0 Å². The quantitative estimate of drug-likeness (QED) is 0.449. The predicted molar refractivity (Wildman–Crippen MR) is 140 cm³/mol. The van der Waals surface area contributed by atoms with Gasteiger partial charge >= 0.3 is 0 Å². The summed E-state index contributed by atoms with van der Waals surface area (Å²) in [5, 5.41) is 3.28. The third-order valence-corrected chi connectivity index (χ3v) is 7.94. The summed E-state index contributed by atoms with van der Waals surface area (Å²) in [5.41, 5.74) is 2.12. The van der Waals surface area contributed by atoms with E-state index in [0.717, 1.165) is 25.7 Å². The number of benzene rings is 2. The fourth-order valence-corrected chi connectivity index (χ4v) is 6.41. The Hall–Kier alpha value is -2.68. The Labute approximate surface area is 212 Å². The smallest absolute Gasteiger partial charge is 0.267 e. The van der Waals surface area contributed by atoms with Gasteiger partial charge in [0.15, 0.2) is 0 Å². The first-order valence-corrected chi connectivity index (χ1v) is 12.8. The molecule has 0 spiro atoms. The predicted octanol–water partition coefficient (Wildman–Crippen LogP) is 5.23. The van der Waals surface area contributed by atoms with Crippen molar-refractivity contribution < 1.29 is 14.4 Å². The molecule has 2 aromatic carbocycles. The molecule has 1 aliphatic carbocycles. The van der Waals surface area contributed by atoms with Crippen molar-refractivity contribution in [3.8, 4) is 0 Å². The minimum absolute atomic E-state index is 0.0886. The van der Waals surface area contributed by atoms with Crippen molar-refractivity contribution in [2.45, 2.75) is 38.1 Å². The van der Waals surface area contributed by atoms with E-state index < -0.39 is 0 Å². The summed E-state index contributed by atoms with van der Waals surface area (Å²) >= 11 is 12.8. The normalized spacial score (nSPS) is 20.8. The Morgan fingerprint density at radius 2 is 1.82 bits per heavy atom. The van der Waals surface area contributed by atoms with Crippen LogP contribution in [0.4, 0.5) is 11.4 Å². The van der Waals surface area contributed by atoms with E-state index in [-0.39, 0.29) is 30.3 Å². The average molecular weight is 512 g/mol. The minimum atomic E-state index is -0.369. The lowest BCUT2D eigenvalue weighted by Crippen LogP contribution is -2.40. The molecular formula is C25H22ClN3O3S2. The van der Waals surface area contributed by atoms with Crippen molar-refractivity contribution in [3.63, 3.8) is 0 Å². The van der Waals surface area contributed by atoms with Gasteiger partial charge in [0.25, 0.3) is 11.8 Å². The summed E-state index contributed by atoms with van der Waals surface area (Å²) in [6.45, 7) is -0.186. The fraction of sp³-hybridized carbons (Fsp3) is 0.280. The Bertz CT molecular complexity index is 1240. The highest BCUT2D eigenvalue weighted by Crippen LogP contribution is 2.45. The first-order chi connectivity index (χ1) is 16.4. The molecule has 0 bridgehead atoms. The molecule has 9 heteroatoms. The summed E-state index contributed by atoms with van der Waals surface area (Å²) in [7, 11) is 0. The van der Waals surface area contributed by atoms with Crippen LogP contribution in [0.15, 0.2) is 53.4 Å². The second kappa shape index (κ2) is 9.52. The standard InChI is InChI=1S/C25H22ClN3O3S2/c26-15-7-6-8-16(13-15)27-20(30)14-28-19-12-5-4-11-18(19)21(23(28)31)22-24(32)29(25(33)34-22)17-9-2-1-3-10-17/h4-8,11-13,17H,1-3,9-10,14H2,(H,27,30)/b22-21+. The number of anilines is 2. The largest absolute Gasteiger partial charge is 0.324 e. The first-order valence-electron chi connectivity index (χ1n) is 11.2. The maximum atomic E-state index is 13.6. The van der Waals surface area contributed by atoms with E-state index in [1.807, 2.05) is 18.2 Å². The zero-order valence-corrected chi connectivity index (χ0v) is 20.6. The van der Waals surface area contributed by atoms with Gasteiger partial charge in [-0.1, -0.05) is 79.1 Å². The number of carbonyl (C=O) groups excluding carboxylic acids is 3. The van der Waals surface area contributed by atoms with Crippen molar-refractivity contribution in [1.29, 1.82) is 0 Å². The third-order valence-electron chi connectivity index (χ3n) is 6.30. The van der Waals surface area contributed by atoms with Gasteiger partial charge in [0, 0.05) is 22.3 Å². The highest BCUT2D eigenvalue weighted by molar-refractivity contribution is 8.26. The van der Waals surface area contributed by atoms with Crippen LogP contribution in [0, 0.1) is 0 Å². The van der Waals surface area contributed by atoms with Gasteiger partial charge in [0.1, 0.15) is 10.9 Å². The molecule has 3 aliphatic rings. The van der Waals surface area contributed by atoms with Crippen molar-refractivity contribution in [1.82, 2.24) is 4.90 Å². The topological polar surface area (TPSA) is 69.7 Å². The zero-order chi connectivity index (χ0) is 23.8. The van der Waals surface area contributed by atoms with Crippen LogP contribution in [-0.4, -0.2) is 39.5 Å². The highest BCUT2D eigenvalue weighted by Gasteiger charge is 2.44. The number of carbonyl (C=O) groups is 3. The lowest BCUT2D eigenvalue weighted by Gasteiger charge is -2.29. The van der Waals surface area contributed by atoms with Crippen LogP contribution >= 0.6 is 35.6 Å². The molecule has 1 N–H and O–H groups in total. The monoisotopic (exact) mass is 511 g/mol. The van der Waals surface area contributed by atoms with Gasteiger partial charge in [0.05, 0.1) is 16.2 Å². The van der Waals surface area contributed by atoms with Crippen molar-refractivity contribution in [3.05, 3.63) is 64.0 Å². The molecule has 2 heterocycles. The number of para-hydroxylation sites is 1. The van der Waals surface area contributed by atoms with Crippen molar-refractivity contribution in [2.75, 3.05) is 16.8 Å². The van der Waals surface area contributed by atoms with E-state index in [2.05, 4.69) is 5.32 Å². The van der Waals surface area contributed by atoms with E-state index in [0.29, 0.717) is 36.8 Å². The number of hydrogen-bond acceptors (Lipinski definition) is 5. The van der Waals surface area contributed by atoms with Crippen LogP contribution in [0.1, 0.15) is 37.7 Å². The lowest BCUT2D eigenvalue weighted by atomic mass is 9.94. The molecule has 2 aromatic rings. The molecule has 0 unspecified atom stereocenters. The molecule has 1 saturated heterocycles. The van der Waals surface area contributed by atoms with Crippen LogP contribution < -0.4 is 10.2 Å². The molecule has 0 atom stereocenters. The summed E-state index contributed by atoms with van der Waals surface area (Å²) in [4.78, 5) is 43.3. The van der Waals surface area contributed by atoms with E-state index in [1.54, 1.807) is 35.2 Å². The average Bonchev–Trinajstić information content (AvgIpc) is 3.26. The Morgan fingerprint density at radius 1 is 1.06 bits per heavy atom. The van der Waals surface area contributed by atoms with Crippen molar-refractivity contribution in [2.24, 2.45) is 0 Å². The Kier molecular flexibility index (Phi) is 6.46. The summed E-state index contributed by atoms with van der Waals surface area (Å²) < 4.78 is 0.502. The summed E-state index contributed by atoms with van der Waals surface area (Å²) in [6, 6.07) is 14.1. The SMILES string of the molecule is O=C(CN1C(=O)/C(=C2/SC(=S)N(C3CCCCC3)C2=O)c2ccccc21)Nc1cccc(Cl)c1. The molecule has 6 nitrogen and oxygen atoms in total. The van der Waals surface area contributed by atoms with E-state index in [4.69, 9.17) is 23.8 Å². The minimum Gasteiger partial charge on any atom is -0.324 e. The van der Waals surface area contributed by atoms with Crippen LogP contribution in [-0.2, 0) is 14.4 Å². The highest BCUT2D eigenvalue weighted by atomic mass is 35.5. The molecule has 5 rings (SSSR count). The van der Waals surface area contributed by atoms with Gasteiger partial charge < -0.3 is 5.32 Å². The van der Waals surface area contributed by atoms with Gasteiger partial charge in [-0.05, 0) is 37.1 Å².